The van der Waals surface area contributed by atoms with E-state index in [1.807, 2.05) is 6.07 Å². The summed E-state index contributed by atoms with van der Waals surface area (Å²) in [5.74, 6) is 0.663. The van der Waals surface area contributed by atoms with Crippen molar-refractivity contribution >= 4 is 23.5 Å². The van der Waals surface area contributed by atoms with Crippen LogP contribution >= 0.6 is 0 Å². The summed E-state index contributed by atoms with van der Waals surface area (Å²) < 4.78 is 0. The minimum Gasteiger partial charge on any atom is -0.477 e. The molecular formula is C27H40N4O4. The zero-order valence-corrected chi connectivity index (χ0v) is 21.3. The maximum Gasteiger partial charge on any atom is 0.354 e. The van der Waals surface area contributed by atoms with Crippen molar-refractivity contribution in [3.63, 3.8) is 0 Å². The van der Waals surface area contributed by atoms with Crippen LogP contribution in [0.15, 0.2) is 18.3 Å². The SMILES string of the molecule is CC(C)[C@@H]1CC[C@@H](C)CC(=O)N2C[C@H]3C[C@H](CN(c4ccnc(C(=O)O)c4)C3)[C@@H]2CCCC(=O)N1. The van der Waals surface area contributed by atoms with Crippen molar-refractivity contribution in [1.82, 2.24) is 15.2 Å². The highest BCUT2D eigenvalue weighted by Gasteiger charge is 2.42. The molecule has 3 aliphatic heterocycles. The average Bonchev–Trinajstić information content (AvgIpc) is 2.82. The maximum atomic E-state index is 13.5. The fourth-order valence-corrected chi connectivity index (χ4v) is 6.25. The third-order valence-electron chi connectivity index (χ3n) is 8.17. The molecule has 0 radical (unpaired) electrons. The van der Waals surface area contributed by atoms with Crippen molar-refractivity contribution in [3.05, 3.63) is 24.0 Å². The van der Waals surface area contributed by atoms with Gasteiger partial charge in [-0.3, -0.25) is 9.59 Å². The standard InChI is InChI=1S/C27H40N4O4/c1-17(2)22-8-7-18(3)11-26(33)31-15-19-12-20(24(31)5-4-6-25(32)29-22)16-30(14-19)21-9-10-28-23(13-21)27(34)35/h9-10,13,17-20,22,24H,4-8,11-12,14-16H2,1-3H3,(H,29,32)(H,34,35)/t18-,19+,20-,22+,24+/m1/s1. The zero-order chi connectivity index (χ0) is 25.1. The number of fused-ring (bicyclic) bond motifs is 4. The van der Waals surface area contributed by atoms with Crippen molar-refractivity contribution in [1.29, 1.82) is 0 Å². The van der Waals surface area contributed by atoms with Gasteiger partial charge in [0.25, 0.3) is 0 Å². The smallest absolute Gasteiger partial charge is 0.354 e. The second-order valence-electron chi connectivity index (χ2n) is 11.3. The number of rotatable bonds is 3. The van der Waals surface area contributed by atoms with E-state index in [1.54, 1.807) is 12.3 Å². The number of carbonyl (C=O) groups is 3. The Kier molecular flexibility index (Phi) is 7.97. The van der Waals surface area contributed by atoms with E-state index in [1.165, 1.54) is 0 Å². The number of carboxylic acids is 1. The van der Waals surface area contributed by atoms with Crippen LogP contribution in [0.4, 0.5) is 5.69 Å². The number of nitrogens with one attached hydrogen (secondary N) is 1. The van der Waals surface area contributed by atoms with Gasteiger partial charge in [-0.2, -0.15) is 0 Å². The highest BCUT2D eigenvalue weighted by molar-refractivity contribution is 5.86. The van der Waals surface area contributed by atoms with Crippen molar-refractivity contribution in [3.8, 4) is 0 Å². The van der Waals surface area contributed by atoms with Crippen LogP contribution in [0.5, 0.6) is 0 Å². The maximum absolute atomic E-state index is 13.5. The lowest BCUT2D eigenvalue weighted by molar-refractivity contribution is -0.139. The molecule has 1 aromatic heterocycles. The van der Waals surface area contributed by atoms with Crippen LogP contribution in [0.1, 0.15) is 76.2 Å². The normalized spacial score (nSPS) is 30.6. The Morgan fingerprint density at radius 1 is 1.17 bits per heavy atom. The summed E-state index contributed by atoms with van der Waals surface area (Å²) in [6, 6.07) is 3.79. The lowest BCUT2D eigenvalue weighted by Crippen LogP contribution is -2.59. The third kappa shape index (κ3) is 6.14. The van der Waals surface area contributed by atoms with Gasteiger partial charge in [-0.25, -0.2) is 9.78 Å². The van der Waals surface area contributed by atoms with E-state index < -0.39 is 5.97 Å². The van der Waals surface area contributed by atoms with Crippen LogP contribution in [0.25, 0.3) is 0 Å². The molecule has 0 unspecified atom stereocenters. The van der Waals surface area contributed by atoms with E-state index in [0.717, 1.165) is 57.4 Å². The van der Waals surface area contributed by atoms with Crippen LogP contribution in [-0.2, 0) is 9.59 Å². The van der Waals surface area contributed by atoms with Gasteiger partial charge >= 0.3 is 5.97 Å². The predicted octanol–water partition coefficient (Wildman–Crippen LogP) is 3.56. The molecule has 192 valence electrons. The molecule has 35 heavy (non-hydrogen) atoms. The number of aromatic carboxylic acids is 1. The first-order chi connectivity index (χ1) is 16.7. The largest absolute Gasteiger partial charge is 0.477 e. The number of carboxylic acid groups (broad SMARTS) is 1. The van der Waals surface area contributed by atoms with E-state index in [2.05, 4.69) is 40.9 Å². The zero-order valence-electron chi connectivity index (χ0n) is 21.3. The van der Waals surface area contributed by atoms with Crippen LogP contribution in [0.3, 0.4) is 0 Å². The fourth-order valence-electron chi connectivity index (χ4n) is 6.25. The first-order valence-electron chi connectivity index (χ1n) is 13.2. The van der Waals surface area contributed by atoms with E-state index >= 15 is 0 Å². The lowest BCUT2D eigenvalue weighted by Gasteiger charge is -2.51. The number of aromatic nitrogens is 1. The molecule has 8 heteroatoms. The van der Waals surface area contributed by atoms with Gasteiger partial charge in [-0.05, 0) is 67.9 Å². The Hall–Kier alpha value is -2.64. The number of carbonyl (C=O) groups excluding carboxylic acids is 2. The summed E-state index contributed by atoms with van der Waals surface area (Å²) in [5.41, 5.74) is 0.932. The van der Waals surface area contributed by atoms with E-state index in [9.17, 15) is 19.5 Å². The minimum atomic E-state index is -1.02. The molecule has 3 fully saturated rings. The van der Waals surface area contributed by atoms with Gasteiger partial charge in [0.2, 0.25) is 11.8 Å². The highest BCUT2D eigenvalue weighted by atomic mass is 16.4. The molecule has 4 rings (SSSR count). The Labute approximate surface area is 208 Å². The van der Waals surface area contributed by atoms with E-state index in [-0.39, 0.29) is 35.5 Å². The molecule has 3 saturated heterocycles. The van der Waals surface area contributed by atoms with Gasteiger partial charge in [0.05, 0.1) is 0 Å². The molecule has 8 nitrogen and oxygen atoms in total. The summed E-state index contributed by atoms with van der Waals surface area (Å²) in [7, 11) is 0. The Balaban J connectivity index is 1.52. The molecule has 0 saturated carbocycles. The first kappa shape index (κ1) is 25.5. The number of hydrogen-bond donors (Lipinski definition) is 2. The third-order valence-corrected chi connectivity index (χ3v) is 8.17. The van der Waals surface area contributed by atoms with Crippen LogP contribution in [0.2, 0.25) is 0 Å². The monoisotopic (exact) mass is 484 g/mol. The number of amides is 2. The average molecular weight is 485 g/mol. The van der Waals surface area contributed by atoms with Gasteiger partial charge in [-0.1, -0.05) is 20.8 Å². The van der Waals surface area contributed by atoms with Crippen LogP contribution in [0, 0.1) is 23.7 Å². The summed E-state index contributed by atoms with van der Waals surface area (Å²) >= 11 is 0. The lowest BCUT2D eigenvalue weighted by atomic mass is 9.77. The van der Waals surface area contributed by atoms with Crippen molar-refractivity contribution in [2.24, 2.45) is 23.7 Å². The number of nitrogens with zero attached hydrogens (tertiary/aromatic N) is 3. The number of anilines is 1. The minimum absolute atomic E-state index is 0.0526. The number of hydrogen-bond acceptors (Lipinski definition) is 5. The van der Waals surface area contributed by atoms with Crippen molar-refractivity contribution in [2.45, 2.75) is 77.8 Å². The Bertz CT molecular complexity index is 936. The van der Waals surface area contributed by atoms with Crippen molar-refractivity contribution < 1.29 is 19.5 Å². The molecule has 0 aromatic carbocycles. The predicted molar refractivity (Wildman–Crippen MR) is 134 cm³/mol. The summed E-state index contributed by atoms with van der Waals surface area (Å²) in [4.78, 5) is 46.0. The molecule has 3 aliphatic rings. The number of pyridine rings is 1. The van der Waals surface area contributed by atoms with Gasteiger partial charge in [-0.15, -0.1) is 0 Å². The summed E-state index contributed by atoms with van der Waals surface area (Å²) in [6.45, 7) is 8.78. The number of piperidine rings is 2. The quantitative estimate of drug-likeness (QED) is 0.680. The summed E-state index contributed by atoms with van der Waals surface area (Å²) in [5, 5.41) is 12.6. The molecular weight excluding hydrogens is 444 g/mol. The van der Waals surface area contributed by atoms with Gasteiger partial charge in [0.1, 0.15) is 5.69 Å². The molecule has 4 heterocycles. The van der Waals surface area contributed by atoms with Crippen LogP contribution < -0.4 is 10.2 Å². The Morgan fingerprint density at radius 2 is 1.97 bits per heavy atom. The topological polar surface area (TPSA) is 103 Å². The summed E-state index contributed by atoms with van der Waals surface area (Å²) in [6.07, 6.45) is 7.10. The van der Waals surface area contributed by atoms with Gasteiger partial charge in [0.15, 0.2) is 0 Å². The van der Waals surface area contributed by atoms with E-state index in [0.29, 0.717) is 30.6 Å². The molecule has 5 atom stereocenters. The molecule has 2 amide bonds. The van der Waals surface area contributed by atoms with Crippen LogP contribution in [-0.4, -0.2) is 64.5 Å². The second kappa shape index (κ2) is 11.0. The van der Waals surface area contributed by atoms with Gasteiger partial charge < -0.3 is 20.2 Å². The first-order valence-corrected chi connectivity index (χ1v) is 13.2. The van der Waals surface area contributed by atoms with Gasteiger partial charge in [0, 0.05) is 56.4 Å². The van der Waals surface area contributed by atoms with E-state index in [4.69, 9.17) is 0 Å². The van der Waals surface area contributed by atoms with Crippen molar-refractivity contribution in [2.75, 3.05) is 24.5 Å². The molecule has 2 N–H and O–H groups in total. The molecule has 1 aromatic rings. The molecule has 0 spiro atoms. The highest BCUT2D eigenvalue weighted by Crippen LogP contribution is 2.38. The molecule has 2 bridgehead atoms. The Morgan fingerprint density at radius 3 is 2.71 bits per heavy atom. The fraction of sp³-hybridized carbons (Fsp3) is 0.704. The second-order valence-corrected chi connectivity index (χ2v) is 11.3. The molecule has 0 aliphatic carbocycles.